The van der Waals surface area contributed by atoms with E-state index in [2.05, 4.69) is 0 Å². The topological polar surface area (TPSA) is 377 Å². The zero-order valence-electron chi connectivity index (χ0n) is 35.1. The van der Waals surface area contributed by atoms with Crippen LogP contribution < -0.4 is 37.9 Å². The molecular weight excluding hydrogens is 945 g/mol. The molecule has 0 spiro atoms. The van der Waals surface area contributed by atoms with Crippen molar-refractivity contribution < 1.29 is 114 Å². The van der Waals surface area contributed by atoms with Crippen molar-refractivity contribution in [1.29, 1.82) is 0 Å². The van der Waals surface area contributed by atoms with Crippen LogP contribution in [0, 0.1) is 0 Å². The van der Waals surface area contributed by atoms with E-state index in [1.54, 1.807) is 0 Å². The van der Waals surface area contributed by atoms with Gasteiger partial charge in [0.05, 0.1) is 11.1 Å². The minimum Gasteiger partial charge on any atom is -0.508 e. The summed E-state index contributed by atoms with van der Waals surface area (Å²) in [5, 5.41) is 161. The van der Waals surface area contributed by atoms with E-state index in [1.165, 1.54) is 0 Å². The fourth-order valence-electron chi connectivity index (χ4n) is 7.45. The van der Waals surface area contributed by atoms with Gasteiger partial charge in [0.25, 0.3) is 0 Å². The van der Waals surface area contributed by atoms with Crippen LogP contribution in [0.3, 0.4) is 0 Å². The lowest BCUT2D eigenvalue weighted by atomic mass is 9.98. The van der Waals surface area contributed by atoms with E-state index in [0.717, 1.165) is 91.0 Å². The van der Waals surface area contributed by atoms with E-state index < -0.39 is 172 Å². The summed E-state index contributed by atoms with van der Waals surface area (Å²) in [6.45, 7) is 0. The van der Waals surface area contributed by atoms with Gasteiger partial charge in [-0.25, -0.2) is 0 Å². The Bertz CT molecular complexity index is 3490. The Kier molecular flexibility index (Phi) is 10.0. The van der Waals surface area contributed by atoms with Crippen LogP contribution in [0.4, 0.5) is 0 Å². The molecule has 71 heavy (non-hydrogen) atoms. The maximum absolute atomic E-state index is 11.8. The highest BCUT2D eigenvalue weighted by atomic mass is 16.6. The largest absolute Gasteiger partial charge is 0.508 e. The molecule has 10 rings (SSSR count). The number of hydrogen-bond acceptors (Lipinski definition) is 23. The van der Waals surface area contributed by atoms with Crippen molar-refractivity contribution in [1.82, 2.24) is 0 Å². The summed E-state index contributed by atoms with van der Waals surface area (Å²) in [6.07, 6.45) is 0. The summed E-state index contributed by atoms with van der Waals surface area (Å²) >= 11 is 0. The molecule has 2 aliphatic heterocycles. The maximum atomic E-state index is 11.8. The number of aromatic hydroxyl groups is 15. The van der Waals surface area contributed by atoms with Gasteiger partial charge in [-0.2, -0.15) is 0 Å². The number of ether oxygens (including phenoxy) is 8. The molecule has 2 aliphatic rings. The van der Waals surface area contributed by atoms with Crippen molar-refractivity contribution in [2.24, 2.45) is 0 Å². The first-order chi connectivity index (χ1) is 33.8. The summed E-state index contributed by atoms with van der Waals surface area (Å²) in [5.74, 6) is -19.2. The molecule has 0 fully saturated rings. The average molecular weight is 975 g/mol. The lowest BCUT2D eigenvalue weighted by Crippen LogP contribution is -2.07. The first kappa shape index (κ1) is 44.0. The average Bonchev–Trinajstić information content (AvgIpc) is 3.26. The fourth-order valence-corrected chi connectivity index (χ4v) is 7.45. The Morgan fingerprint density at radius 2 is 0.634 bits per heavy atom. The van der Waals surface area contributed by atoms with Crippen LogP contribution in [0.1, 0.15) is 0 Å². The van der Waals surface area contributed by atoms with E-state index in [9.17, 15) is 76.6 Å². The highest BCUT2D eigenvalue weighted by Crippen LogP contribution is 2.68. The quantitative estimate of drug-likeness (QED) is 0.0639. The van der Waals surface area contributed by atoms with Gasteiger partial charge in [-0.05, 0) is 0 Å². The molecule has 0 unspecified atom stereocenters. The van der Waals surface area contributed by atoms with Crippen molar-refractivity contribution in [2.75, 3.05) is 0 Å². The van der Waals surface area contributed by atoms with Crippen molar-refractivity contribution in [3.63, 3.8) is 0 Å². The van der Waals surface area contributed by atoms with Crippen LogP contribution in [0.25, 0.3) is 11.1 Å². The summed E-state index contributed by atoms with van der Waals surface area (Å²) in [6, 6.07) is 14.0. The van der Waals surface area contributed by atoms with Crippen LogP contribution in [0.2, 0.25) is 0 Å². The van der Waals surface area contributed by atoms with Gasteiger partial charge in [-0.15, -0.1) is 0 Å². The van der Waals surface area contributed by atoms with Crippen LogP contribution >= 0.6 is 0 Å². The highest BCUT2D eigenvalue weighted by molar-refractivity contribution is 5.94. The fraction of sp³-hybridized carbons (Fsp3) is 0. The van der Waals surface area contributed by atoms with E-state index in [-0.39, 0.29) is 17.2 Å². The highest BCUT2D eigenvalue weighted by Gasteiger charge is 2.40. The number of phenolic OH excluding ortho intramolecular Hbond substituents is 15. The molecule has 0 saturated heterocycles. The lowest BCUT2D eigenvalue weighted by Gasteiger charge is -2.30. The van der Waals surface area contributed by atoms with E-state index in [1.807, 2.05) is 0 Å². The number of fused-ring (bicyclic) bond motifs is 4. The molecule has 0 bridgehead atoms. The third kappa shape index (κ3) is 7.83. The molecule has 0 atom stereocenters. The smallest absolute Gasteiger partial charge is 0.220 e. The molecule has 15 N–H and O–H groups in total. The van der Waals surface area contributed by atoms with Gasteiger partial charge in [0.2, 0.25) is 51.7 Å². The van der Waals surface area contributed by atoms with E-state index in [0.29, 0.717) is 0 Å². The number of benzene rings is 8. The monoisotopic (exact) mass is 974 g/mol. The second-order valence-corrected chi connectivity index (χ2v) is 15.3. The Labute approximate surface area is 394 Å². The molecule has 0 radical (unpaired) electrons. The minimum absolute atomic E-state index is 0.254. The molecule has 23 nitrogen and oxygen atoms in total. The molecule has 360 valence electrons. The van der Waals surface area contributed by atoms with Crippen molar-refractivity contribution >= 4 is 0 Å². The summed E-state index contributed by atoms with van der Waals surface area (Å²) < 4.78 is 48.2. The van der Waals surface area contributed by atoms with Crippen molar-refractivity contribution in [3.8, 4) is 189 Å². The number of rotatable bonds is 9. The van der Waals surface area contributed by atoms with Gasteiger partial charge >= 0.3 is 0 Å². The number of phenols is 15. The Morgan fingerprint density at radius 1 is 0.239 bits per heavy atom. The standard InChI is InChI=1S/C48H30O23/c49-16-1-17(50)5-23(4-16)64-34-14-32(62)40-46(70-42-31(61)13-30(60)41(47(42)71-40)65-24-6-18(51)2-19(52)7-24)37(34)36-26(56)12-29(59)39-45(36)67-35-15-33(63)43(68-38-27(57)10-22(55)11-28(38)58)48(44(35)69-39)66-25-8-20(53)3-21(54)9-25/h1-15,49-63H. The number of hydrogen-bond donors (Lipinski definition) is 15. The van der Waals surface area contributed by atoms with Gasteiger partial charge in [0.15, 0.2) is 57.5 Å². The van der Waals surface area contributed by atoms with Gasteiger partial charge in [0, 0.05) is 91.0 Å². The predicted molar refractivity (Wildman–Crippen MR) is 236 cm³/mol. The zero-order valence-corrected chi connectivity index (χ0v) is 35.1. The molecule has 2 heterocycles. The first-order valence-corrected chi connectivity index (χ1v) is 20.0. The lowest BCUT2D eigenvalue weighted by molar-refractivity contribution is 0.298. The summed E-state index contributed by atoms with van der Waals surface area (Å²) in [7, 11) is 0. The molecule has 8 aromatic carbocycles. The van der Waals surface area contributed by atoms with Crippen molar-refractivity contribution in [2.45, 2.75) is 0 Å². The summed E-state index contributed by atoms with van der Waals surface area (Å²) in [4.78, 5) is 0. The van der Waals surface area contributed by atoms with E-state index >= 15 is 0 Å². The zero-order chi connectivity index (χ0) is 50.3. The molecule has 8 aromatic rings. The third-order valence-electron chi connectivity index (χ3n) is 10.3. The van der Waals surface area contributed by atoms with Gasteiger partial charge in [-0.3, -0.25) is 0 Å². The minimum atomic E-state index is -0.895. The Morgan fingerprint density at radius 3 is 1.18 bits per heavy atom. The van der Waals surface area contributed by atoms with Gasteiger partial charge < -0.3 is 114 Å². The van der Waals surface area contributed by atoms with Crippen molar-refractivity contribution in [3.05, 3.63) is 91.0 Å². The molecule has 0 saturated carbocycles. The summed E-state index contributed by atoms with van der Waals surface area (Å²) in [5.41, 5.74) is -1.02. The Balaban J connectivity index is 1.17. The maximum Gasteiger partial charge on any atom is 0.220 e. The molecule has 23 heteroatoms. The molecular formula is C48H30O23. The molecule has 0 aliphatic carbocycles. The third-order valence-corrected chi connectivity index (χ3v) is 10.3. The van der Waals surface area contributed by atoms with Crippen LogP contribution in [0.15, 0.2) is 91.0 Å². The SMILES string of the molecule is Oc1cc(O)cc(Oc2cc(O)c3c(c2-c2c(O)cc(O)c4c2Oc2cc(O)c(Oc5c(O)cc(O)cc5O)c(Oc5cc(O)cc(O)c5)c2O4)Oc2c(O)cc(O)c(Oc4cc(O)cc(O)c4)c2O3)c1. The molecule has 0 amide bonds. The predicted octanol–water partition coefficient (Wildman–Crippen LogP) is 9.90. The van der Waals surface area contributed by atoms with Crippen LogP contribution in [-0.2, 0) is 0 Å². The van der Waals surface area contributed by atoms with E-state index in [4.69, 9.17) is 37.9 Å². The van der Waals surface area contributed by atoms with Gasteiger partial charge in [0.1, 0.15) is 69.0 Å². The second-order valence-electron chi connectivity index (χ2n) is 15.3. The van der Waals surface area contributed by atoms with Crippen LogP contribution in [-0.4, -0.2) is 76.6 Å². The molecule has 0 aromatic heterocycles. The van der Waals surface area contributed by atoms with Gasteiger partial charge in [-0.1, -0.05) is 0 Å². The second kappa shape index (κ2) is 16.2. The normalized spacial score (nSPS) is 11.8. The first-order valence-electron chi connectivity index (χ1n) is 20.0. The Hall–Kier alpha value is -10.8. The van der Waals surface area contributed by atoms with Crippen LogP contribution in [0.5, 0.6) is 178 Å².